The Hall–Kier alpha value is -2.42. The number of carbonyl (C=O) groups is 2. The predicted molar refractivity (Wildman–Crippen MR) is 111 cm³/mol. The van der Waals surface area contributed by atoms with Crippen molar-refractivity contribution in [2.45, 2.75) is 46.2 Å². The zero-order valence-corrected chi connectivity index (χ0v) is 17.8. The van der Waals surface area contributed by atoms with Crippen molar-refractivity contribution < 1.29 is 18.0 Å². The number of nitrogens with one attached hydrogen (secondary N) is 1. The highest BCUT2D eigenvalue weighted by molar-refractivity contribution is 7.91. The van der Waals surface area contributed by atoms with Gasteiger partial charge in [0.15, 0.2) is 5.69 Å². The van der Waals surface area contributed by atoms with Crippen molar-refractivity contribution in [3.05, 3.63) is 30.0 Å². The van der Waals surface area contributed by atoms with Crippen LogP contribution in [0.25, 0.3) is 10.9 Å². The summed E-state index contributed by atoms with van der Waals surface area (Å²) in [7, 11) is -2.93. The van der Waals surface area contributed by atoms with E-state index in [1.54, 1.807) is 4.68 Å². The van der Waals surface area contributed by atoms with Crippen molar-refractivity contribution in [3.8, 4) is 0 Å². The summed E-state index contributed by atoms with van der Waals surface area (Å²) < 4.78 is 25.1. The summed E-state index contributed by atoms with van der Waals surface area (Å²) in [4.78, 5) is 24.8. The van der Waals surface area contributed by atoms with Crippen LogP contribution < -0.4 is 11.1 Å². The molecule has 8 nitrogen and oxygen atoms in total. The minimum absolute atomic E-state index is 0.186. The lowest BCUT2D eigenvalue weighted by Gasteiger charge is -2.28. The molecule has 0 spiro atoms. The molecule has 9 heteroatoms. The van der Waals surface area contributed by atoms with Gasteiger partial charge in [0, 0.05) is 11.9 Å². The van der Waals surface area contributed by atoms with E-state index in [0.717, 1.165) is 5.52 Å². The number of carbonyl (C=O) groups excluding carboxylic acids is 2. The molecule has 0 saturated carbocycles. The fourth-order valence-corrected chi connectivity index (χ4v) is 5.30. The third-order valence-electron chi connectivity index (χ3n) is 5.40. The molecular formula is C20H28N4O4S. The van der Waals surface area contributed by atoms with Crippen LogP contribution in [-0.2, 0) is 21.2 Å². The molecule has 2 aromatic rings. The Morgan fingerprint density at radius 1 is 1.24 bits per heavy atom. The lowest BCUT2D eigenvalue weighted by atomic mass is 9.86. The molecule has 1 atom stereocenters. The van der Waals surface area contributed by atoms with E-state index in [4.69, 9.17) is 5.73 Å². The Bertz CT molecular complexity index is 1020. The van der Waals surface area contributed by atoms with Crippen LogP contribution in [0.15, 0.2) is 24.3 Å². The maximum absolute atomic E-state index is 12.9. The first-order valence-corrected chi connectivity index (χ1v) is 11.6. The Morgan fingerprint density at radius 3 is 2.45 bits per heavy atom. The van der Waals surface area contributed by atoms with Crippen LogP contribution in [0, 0.1) is 11.3 Å². The normalized spacial score (nSPS) is 18.4. The van der Waals surface area contributed by atoms with Crippen molar-refractivity contribution in [2.24, 2.45) is 17.1 Å². The number of benzene rings is 1. The van der Waals surface area contributed by atoms with Gasteiger partial charge in [-0.25, -0.2) is 8.42 Å². The Kier molecular flexibility index (Phi) is 5.71. The Balaban J connectivity index is 1.88. The maximum Gasteiger partial charge on any atom is 0.273 e. The molecule has 1 aliphatic rings. The summed E-state index contributed by atoms with van der Waals surface area (Å²) >= 11 is 0. The second kappa shape index (κ2) is 7.78. The molecular weight excluding hydrogens is 392 g/mol. The number of primary amides is 1. The minimum atomic E-state index is -2.93. The van der Waals surface area contributed by atoms with Gasteiger partial charge >= 0.3 is 0 Å². The molecule has 1 unspecified atom stereocenters. The summed E-state index contributed by atoms with van der Waals surface area (Å²) in [5.74, 6) is -0.486. The molecule has 2 heterocycles. The largest absolute Gasteiger partial charge is 0.368 e. The molecule has 0 aliphatic carbocycles. The van der Waals surface area contributed by atoms with E-state index in [1.807, 2.05) is 45.0 Å². The Labute approximate surface area is 170 Å². The third-order valence-corrected chi connectivity index (χ3v) is 7.12. The number of amides is 2. The maximum atomic E-state index is 12.9. The summed E-state index contributed by atoms with van der Waals surface area (Å²) in [6.45, 7) is 6.03. The first-order chi connectivity index (χ1) is 13.5. The lowest BCUT2D eigenvalue weighted by molar-refractivity contribution is -0.122. The number of rotatable bonds is 5. The van der Waals surface area contributed by atoms with Crippen LogP contribution in [0.5, 0.6) is 0 Å². The number of sulfone groups is 1. The van der Waals surface area contributed by atoms with Crippen molar-refractivity contribution >= 4 is 32.6 Å². The van der Waals surface area contributed by atoms with Gasteiger partial charge in [-0.1, -0.05) is 39.0 Å². The van der Waals surface area contributed by atoms with Crippen molar-refractivity contribution in [2.75, 3.05) is 11.5 Å². The fourth-order valence-electron chi connectivity index (χ4n) is 3.71. The van der Waals surface area contributed by atoms with Gasteiger partial charge in [-0.2, -0.15) is 5.10 Å². The van der Waals surface area contributed by atoms with Crippen molar-refractivity contribution in [1.82, 2.24) is 15.1 Å². The van der Waals surface area contributed by atoms with Gasteiger partial charge in [-0.15, -0.1) is 0 Å². The van der Waals surface area contributed by atoms with Gasteiger partial charge in [0.1, 0.15) is 15.9 Å². The van der Waals surface area contributed by atoms with Crippen LogP contribution >= 0.6 is 0 Å². The average molecular weight is 421 g/mol. The van der Waals surface area contributed by atoms with E-state index in [9.17, 15) is 18.0 Å². The van der Waals surface area contributed by atoms with Gasteiger partial charge in [0.2, 0.25) is 5.91 Å². The second-order valence-corrected chi connectivity index (χ2v) is 11.1. The molecule has 1 fully saturated rings. The van der Waals surface area contributed by atoms with Gasteiger partial charge in [-0.3, -0.25) is 14.3 Å². The monoisotopic (exact) mass is 420 g/mol. The van der Waals surface area contributed by atoms with Crippen LogP contribution in [0.2, 0.25) is 0 Å². The van der Waals surface area contributed by atoms with Crippen LogP contribution in [0.3, 0.4) is 0 Å². The molecule has 158 valence electrons. The number of nitrogens with two attached hydrogens (primary N) is 1. The first kappa shape index (κ1) is 21.3. The van der Waals surface area contributed by atoms with E-state index in [0.29, 0.717) is 24.8 Å². The molecule has 29 heavy (non-hydrogen) atoms. The molecule has 1 aromatic carbocycles. The Morgan fingerprint density at radius 2 is 1.86 bits per heavy atom. The molecule has 1 aromatic heterocycles. The van der Waals surface area contributed by atoms with E-state index in [-0.39, 0.29) is 23.1 Å². The van der Waals surface area contributed by atoms with E-state index in [1.165, 1.54) is 0 Å². The highest BCUT2D eigenvalue weighted by Crippen LogP contribution is 2.25. The lowest BCUT2D eigenvalue weighted by Crippen LogP contribution is -2.52. The third kappa shape index (κ3) is 4.77. The van der Waals surface area contributed by atoms with E-state index in [2.05, 4.69) is 10.4 Å². The molecule has 2 amide bonds. The number of hydrogen-bond acceptors (Lipinski definition) is 5. The molecule has 0 bridgehead atoms. The fraction of sp³-hybridized carbons (Fsp3) is 0.550. The highest BCUT2D eigenvalue weighted by Gasteiger charge is 2.33. The van der Waals surface area contributed by atoms with E-state index < -0.39 is 33.1 Å². The number of hydrogen-bond donors (Lipinski definition) is 2. The molecule has 3 N–H and O–H groups in total. The summed E-state index contributed by atoms with van der Waals surface area (Å²) in [5, 5.41) is 7.93. The summed E-state index contributed by atoms with van der Waals surface area (Å²) in [6, 6.07) is 6.56. The van der Waals surface area contributed by atoms with Gasteiger partial charge in [-0.05, 0) is 30.2 Å². The topological polar surface area (TPSA) is 124 Å². The van der Waals surface area contributed by atoms with Gasteiger partial charge in [0.05, 0.1) is 17.0 Å². The molecule has 1 saturated heterocycles. The van der Waals surface area contributed by atoms with Crippen LogP contribution in [0.1, 0.15) is 44.1 Å². The minimum Gasteiger partial charge on any atom is -0.368 e. The number of fused-ring (bicyclic) bond motifs is 1. The van der Waals surface area contributed by atoms with Crippen LogP contribution in [0.4, 0.5) is 0 Å². The van der Waals surface area contributed by atoms with Crippen LogP contribution in [-0.4, -0.2) is 47.6 Å². The second-order valence-electron chi connectivity index (χ2n) is 8.82. The number of nitrogens with zero attached hydrogens (tertiary/aromatic N) is 2. The van der Waals surface area contributed by atoms with Crippen molar-refractivity contribution in [3.63, 3.8) is 0 Å². The van der Waals surface area contributed by atoms with Crippen molar-refractivity contribution in [1.29, 1.82) is 0 Å². The molecule has 3 rings (SSSR count). The molecule has 1 aliphatic heterocycles. The number of para-hydroxylation sites is 1. The zero-order valence-electron chi connectivity index (χ0n) is 17.0. The standard InChI is InChI=1S/C20H28N4O4S/c1-20(2,3)17(18(21)25)22-19(26)16-14-6-4-5-7-15(14)24(23-16)12-13-8-10-29(27,28)11-9-13/h4-7,13,17H,8-12H2,1-3H3,(H2,21,25)(H,22,26). The average Bonchev–Trinajstić information content (AvgIpc) is 2.99. The smallest absolute Gasteiger partial charge is 0.273 e. The van der Waals surface area contributed by atoms with Gasteiger partial charge < -0.3 is 11.1 Å². The predicted octanol–water partition coefficient (Wildman–Crippen LogP) is 1.49. The summed E-state index contributed by atoms with van der Waals surface area (Å²) in [6.07, 6.45) is 1.18. The van der Waals surface area contributed by atoms with Gasteiger partial charge in [0.25, 0.3) is 5.91 Å². The first-order valence-electron chi connectivity index (χ1n) is 9.74. The van der Waals surface area contributed by atoms with E-state index >= 15 is 0 Å². The summed E-state index contributed by atoms with van der Waals surface area (Å²) in [5.41, 5.74) is 5.99. The quantitative estimate of drug-likeness (QED) is 0.758. The highest BCUT2D eigenvalue weighted by atomic mass is 32.2. The number of aromatic nitrogens is 2. The zero-order chi connectivity index (χ0) is 21.4. The SMILES string of the molecule is CC(C)(C)C(NC(=O)c1nn(CC2CCS(=O)(=O)CC2)c2ccccc12)C(N)=O. The molecule has 0 radical (unpaired) electrons.